The summed E-state index contributed by atoms with van der Waals surface area (Å²) in [4.78, 5) is 12.2. The van der Waals surface area contributed by atoms with Gasteiger partial charge in [-0.1, -0.05) is 37.6 Å². The molecule has 1 aliphatic carbocycles. The van der Waals surface area contributed by atoms with Gasteiger partial charge in [0.15, 0.2) is 0 Å². The van der Waals surface area contributed by atoms with Crippen LogP contribution in [0.15, 0.2) is 18.2 Å². The second-order valence-corrected chi connectivity index (χ2v) is 6.16. The molecule has 1 heteroatoms. The van der Waals surface area contributed by atoms with Crippen molar-refractivity contribution in [2.75, 3.05) is 0 Å². The fraction of sp³-hybridized carbons (Fsp3) is 0.533. The maximum absolute atomic E-state index is 12.2. The number of aryl methyl sites for hydroxylation is 1. The molecule has 0 amide bonds. The number of hydrogen-bond acceptors (Lipinski definition) is 1. The van der Waals surface area contributed by atoms with Crippen LogP contribution in [0.2, 0.25) is 0 Å². The van der Waals surface area contributed by atoms with Crippen LogP contribution in [-0.2, 0) is 15.6 Å². The third-order valence-corrected chi connectivity index (χ3v) is 3.88. The lowest BCUT2D eigenvalue weighted by Gasteiger charge is -2.40. The van der Waals surface area contributed by atoms with Crippen LogP contribution in [0.3, 0.4) is 0 Å². The van der Waals surface area contributed by atoms with E-state index in [2.05, 4.69) is 39.0 Å². The first kappa shape index (κ1) is 11.4. The van der Waals surface area contributed by atoms with Crippen molar-refractivity contribution in [1.82, 2.24) is 0 Å². The van der Waals surface area contributed by atoms with E-state index in [-0.39, 0.29) is 10.8 Å². The molecule has 1 aliphatic rings. The average Bonchev–Trinajstić information content (AvgIpc) is 2.14. The Morgan fingerprint density at radius 3 is 2.31 bits per heavy atom. The second kappa shape index (κ2) is 3.19. The van der Waals surface area contributed by atoms with Gasteiger partial charge in [-0.3, -0.25) is 4.79 Å². The molecule has 1 nitrogen and oxygen atoms in total. The highest BCUT2D eigenvalue weighted by atomic mass is 16.1. The van der Waals surface area contributed by atoms with Crippen molar-refractivity contribution in [2.24, 2.45) is 0 Å². The van der Waals surface area contributed by atoms with Crippen LogP contribution in [0.5, 0.6) is 0 Å². The summed E-state index contributed by atoms with van der Waals surface area (Å²) in [5, 5.41) is 0. The van der Waals surface area contributed by atoms with Gasteiger partial charge >= 0.3 is 0 Å². The molecule has 16 heavy (non-hydrogen) atoms. The highest BCUT2D eigenvalue weighted by Crippen LogP contribution is 2.43. The molecule has 0 aromatic heterocycles. The monoisotopic (exact) mass is 216 g/mol. The van der Waals surface area contributed by atoms with E-state index in [1.54, 1.807) is 0 Å². The number of carbonyl (C=O) groups excluding carboxylic acids is 1. The average molecular weight is 216 g/mol. The first-order valence-electron chi connectivity index (χ1n) is 5.90. The van der Waals surface area contributed by atoms with Crippen molar-refractivity contribution in [3.05, 3.63) is 34.9 Å². The molecular weight excluding hydrogens is 196 g/mol. The second-order valence-electron chi connectivity index (χ2n) is 6.16. The lowest BCUT2D eigenvalue weighted by Crippen LogP contribution is -2.41. The van der Waals surface area contributed by atoms with Crippen LogP contribution >= 0.6 is 0 Å². The topological polar surface area (TPSA) is 17.1 Å². The minimum absolute atomic E-state index is 0.0199. The zero-order valence-corrected chi connectivity index (χ0v) is 10.8. The molecule has 0 radical (unpaired) electrons. The van der Waals surface area contributed by atoms with Gasteiger partial charge in [-0.2, -0.15) is 0 Å². The Balaban J connectivity index is 2.72. The summed E-state index contributed by atoms with van der Waals surface area (Å²) in [7, 11) is 0. The number of Topliss-reactive ketones (excluding diaryl/α,β-unsaturated/α-hetero) is 1. The van der Waals surface area contributed by atoms with Crippen molar-refractivity contribution in [2.45, 2.75) is 51.9 Å². The molecule has 0 saturated carbocycles. The number of fused-ring (bicyclic) bond motifs is 1. The van der Waals surface area contributed by atoms with Crippen molar-refractivity contribution < 1.29 is 4.79 Å². The van der Waals surface area contributed by atoms with E-state index in [0.717, 1.165) is 0 Å². The smallest absolute Gasteiger partial charge is 0.143 e. The van der Waals surface area contributed by atoms with E-state index < -0.39 is 0 Å². The molecule has 0 heterocycles. The van der Waals surface area contributed by atoms with E-state index in [9.17, 15) is 4.79 Å². The van der Waals surface area contributed by atoms with Gasteiger partial charge in [0, 0.05) is 11.8 Å². The van der Waals surface area contributed by atoms with E-state index in [0.29, 0.717) is 12.2 Å². The summed E-state index contributed by atoms with van der Waals surface area (Å²) in [6.45, 7) is 10.5. The molecule has 1 aromatic rings. The molecule has 0 unspecified atom stereocenters. The number of ketones is 1. The predicted octanol–water partition coefficient (Wildman–Crippen LogP) is 3.52. The summed E-state index contributed by atoms with van der Waals surface area (Å²) in [6.07, 6.45) is 0.649. The zero-order valence-electron chi connectivity index (χ0n) is 10.8. The lowest BCUT2D eigenvalue weighted by molar-refractivity contribution is -0.125. The normalized spacial score (nSPS) is 21.7. The first-order valence-corrected chi connectivity index (χ1v) is 5.90. The lowest BCUT2D eigenvalue weighted by atomic mass is 9.62. The molecule has 0 spiro atoms. The van der Waals surface area contributed by atoms with Gasteiger partial charge in [0.05, 0.1) is 0 Å². The van der Waals surface area contributed by atoms with E-state index in [4.69, 9.17) is 0 Å². The molecule has 0 saturated heterocycles. The van der Waals surface area contributed by atoms with Gasteiger partial charge < -0.3 is 0 Å². The Labute approximate surface area is 97.9 Å². The van der Waals surface area contributed by atoms with Crippen LogP contribution in [0.4, 0.5) is 0 Å². The Kier molecular flexibility index (Phi) is 2.27. The van der Waals surface area contributed by atoms with Crippen LogP contribution in [0, 0.1) is 6.92 Å². The Morgan fingerprint density at radius 1 is 1.06 bits per heavy atom. The largest absolute Gasteiger partial charge is 0.299 e. The predicted molar refractivity (Wildman–Crippen MR) is 66.9 cm³/mol. The third kappa shape index (κ3) is 1.50. The number of hydrogen-bond donors (Lipinski definition) is 0. The van der Waals surface area contributed by atoms with Gasteiger partial charge in [-0.15, -0.1) is 0 Å². The van der Waals surface area contributed by atoms with E-state index in [1.165, 1.54) is 16.7 Å². The molecule has 0 aliphatic heterocycles. The summed E-state index contributed by atoms with van der Waals surface area (Å²) < 4.78 is 0. The van der Waals surface area contributed by atoms with Crippen LogP contribution in [0.1, 0.15) is 50.8 Å². The summed E-state index contributed by atoms with van der Waals surface area (Å²) >= 11 is 0. The molecule has 1 aromatic carbocycles. The highest BCUT2D eigenvalue weighted by molar-refractivity contribution is 5.92. The van der Waals surface area contributed by atoms with Crippen molar-refractivity contribution in [1.29, 1.82) is 0 Å². The number of benzene rings is 1. The molecule has 0 N–H and O–H groups in total. The molecule has 0 bridgehead atoms. The quantitative estimate of drug-likeness (QED) is 0.648. The molecule has 2 rings (SSSR count). The zero-order chi connectivity index (χ0) is 12.1. The fourth-order valence-electron chi connectivity index (χ4n) is 2.63. The van der Waals surface area contributed by atoms with Crippen LogP contribution < -0.4 is 0 Å². The molecule has 86 valence electrons. The standard InChI is InChI=1S/C15H20O/c1-10-6-7-11-12(8-10)14(2,3)9-13(16)15(11,4)5/h6-8H,9H2,1-5H3. The Bertz CT molecular complexity index is 453. The maximum atomic E-state index is 12.2. The Morgan fingerprint density at radius 2 is 1.69 bits per heavy atom. The van der Waals surface area contributed by atoms with Crippen LogP contribution in [-0.4, -0.2) is 5.78 Å². The summed E-state index contributed by atoms with van der Waals surface area (Å²) in [5.74, 6) is 0.355. The van der Waals surface area contributed by atoms with Crippen molar-refractivity contribution in [3.63, 3.8) is 0 Å². The minimum atomic E-state index is -0.321. The van der Waals surface area contributed by atoms with Crippen LogP contribution in [0.25, 0.3) is 0 Å². The molecule has 0 atom stereocenters. The van der Waals surface area contributed by atoms with Gasteiger partial charge in [0.1, 0.15) is 5.78 Å². The number of carbonyl (C=O) groups is 1. The first-order chi connectivity index (χ1) is 7.25. The summed E-state index contributed by atoms with van der Waals surface area (Å²) in [6, 6.07) is 6.47. The van der Waals surface area contributed by atoms with Crippen molar-refractivity contribution >= 4 is 5.78 Å². The van der Waals surface area contributed by atoms with Gasteiger partial charge in [0.25, 0.3) is 0 Å². The van der Waals surface area contributed by atoms with E-state index in [1.807, 2.05) is 13.8 Å². The van der Waals surface area contributed by atoms with E-state index >= 15 is 0 Å². The van der Waals surface area contributed by atoms with Gasteiger partial charge in [-0.05, 0) is 37.3 Å². The Hall–Kier alpha value is -1.11. The minimum Gasteiger partial charge on any atom is -0.299 e. The third-order valence-electron chi connectivity index (χ3n) is 3.88. The van der Waals surface area contributed by atoms with Gasteiger partial charge in [-0.25, -0.2) is 0 Å². The van der Waals surface area contributed by atoms with Gasteiger partial charge in [0.2, 0.25) is 0 Å². The fourth-order valence-corrected chi connectivity index (χ4v) is 2.63. The number of rotatable bonds is 0. The molecular formula is C15H20O. The SMILES string of the molecule is Cc1ccc2c(c1)C(C)(C)CC(=O)C2(C)C. The summed E-state index contributed by atoms with van der Waals surface area (Å²) in [5.41, 5.74) is 3.49. The molecule has 0 fully saturated rings. The highest BCUT2D eigenvalue weighted by Gasteiger charge is 2.42. The van der Waals surface area contributed by atoms with Crippen molar-refractivity contribution in [3.8, 4) is 0 Å². The maximum Gasteiger partial charge on any atom is 0.143 e.